The van der Waals surface area contributed by atoms with E-state index in [0.29, 0.717) is 28.0 Å². The first-order valence-corrected chi connectivity index (χ1v) is 10.5. The monoisotopic (exact) mass is 433 g/mol. The van der Waals surface area contributed by atoms with Crippen molar-refractivity contribution in [2.24, 2.45) is 5.41 Å². The summed E-state index contributed by atoms with van der Waals surface area (Å²) in [5, 5.41) is 24.1. The zero-order valence-electron chi connectivity index (χ0n) is 17.9. The number of fused-ring (bicyclic) bond motifs is 1. The van der Waals surface area contributed by atoms with Crippen molar-refractivity contribution in [2.75, 3.05) is 12.4 Å². The Balaban J connectivity index is 1.64. The molecule has 0 saturated heterocycles. The van der Waals surface area contributed by atoms with Crippen molar-refractivity contribution in [3.63, 3.8) is 0 Å². The molecule has 2 heterocycles. The summed E-state index contributed by atoms with van der Waals surface area (Å²) in [5.41, 5.74) is 1.74. The molecule has 0 bridgehead atoms. The lowest BCUT2D eigenvalue weighted by Crippen LogP contribution is -2.44. The van der Waals surface area contributed by atoms with Crippen LogP contribution in [-0.4, -0.2) is 39.7 Å². The summed E-state index contributed by atoms with van der Waals surface area (Å²) in [6.07, 6.45) is 6.48. The molecule has 0 unspecified atom stereocenters. The zero-order chi connectivity index (χ0) is 22.9. The minimum absolute atomic E-state index is 0.0547. The molecule has 1 aromatic carbocycles. The van der Waals surface area contributed by atoms with E-state index >= 15 is 0 Å². The van der Waals surface area contributed by atoms with Gasteiger partial charge in [-0.2, -0.15) is 5.26 Å². The van der Waals surface area contributed by atoms with Gasteiger partial charge in [-0.25, -0.2) is 14.4 Å². The van der Waals surface area contributed by atoms with Gasteiger partial charge in [0.15, 0.2) is 5.65 Å². The average Bonchev–Trinajstić information content (AvgIpc) is 3.46. The molecule has 1 atom stereocenters. The van der Waals surface area contributed by atoms with E-state index in [1.807, 2.05) is 6.92 Å². The molecule has 164 valence electrons. The van der Waals surface area contributed by atoms with Crippen molar-refractivity contribution in [1.82, 2.24) is 20.3 Å². The van der Waals surface area contributed by atoms with Crippen LogP contribution in [0.1, 0.15) is 54.2 Å². The molecule has 8 nitrogen and oxygen atoms in total. The molecule has 3 aromatic rings. The number of nitriles is 1. The van der Waals surface area contributed by atoms with Crippen molar-refractivity contribution in [3.05, 3.63) is 53.2 Å². The van der Waals surface area contributed by atoms with Crippen LogP contribution in [0, 0.1) is 28.0 Å². The number of carbonyl (C=O) groups excluding carboxylic acids is 1. The maximum atomic E-state index is 13.6. The lowest BCUT2D eigenvalue weighted by Gasteiger charge is -2.28. The number of aromatic nitrogens is 3. The van der Waals surface area contributed by atoms with Gasteiger partial charge in [0, 0.05) is 30.5 Å². The summed E-state index contributed by atoms with van der Waals surface area (Å²) < 4.78 is 13.6. The summed E-state index contributed by atoms with van der Waals surface area (Å²) in [6, 6.07) is 6.19. The van der Waals surface area contributed by atoms with Gasteiger partial charge < -0.3 is 15.6 Å². The van der Waals surface area contributed by atoms with Crippen molar-refractivity contribution in [2.45, 2.75) is 38.6 Å². The van der Waals surface area contributed by atoms with Gasteiger partial charge in [-0.15, -0.1) is 0 Å². The number of nitrogens with one attached hydrogen (secondary N) is 4. The quantitative estimate of drug-likeness (QED) is 0.440. The lowest BCUT2D eigenvalue weighted by atomic mass is 9.81. The van der Waals surface area contributed by atoms with Gasteiger partial charge in [0.05, 0.1) is 29.0 Å². The largest absolute Gasteiger partial charge is 0.387 e. The number of nitrogens with zero attached hydrogens (tertiary/aromatic N) is 3. The Kier molecular flexibility index (Phi) is 5.61. The molecular weight excluding hydrogens is 409 g/mol. The number of amides is 1. The first kappa shape index (κ1) is 21.4. The van der Waals surface area contributed by atoms with Crippen LogP contribution in [0.25, 0.3) is 11.2 Å². The zero-order valence-corrected chi connectivity index (χ0v) is 17.9. The molecule has 4 N–H and O–H groups in total. The van der Waals surface area contributed by atoms with E-state index < -0.39 is 11.2 Å². The molecule has 32 heavy (non-hydrogen) atoms. The van der Waals surface area contributed by atoms with E-state index in [2.05, 4.69) is 31.7 Å². The van der Waals surface area contributed by atoms with E-state index in [4.69, 9.17) is 5.41 Å². The third kappa shape index (κ3) is 3.68. The molecule has 0 aliphatic heterocycles. The van der Waals surface area contributed by atoms with Crippen LogP contribution >= 0.6 is 0 Å². The second-order valence-corrected chi connectivity index (χ2v) is 8.14. The maximum absolute atomic E-state index is 13.6. The fourth-order valence-corrected chi connectivity index (χ4v) is 4.32. The van der Waals surface area contributed by atoms with Gasteiger partial charge in [0.2, 0.25) is 0 Å². The first-order chi connectivity index (χ1) is 15.4. The van der Waals surface area contributed by atoms with E-state index in [1.54, 1.807) is 7.05 Å². The summed E-state index contributed by atoms with van der Waals surface area (Å²) in [5.74, 6) is -0.760. The number of carbonyl (C=O) groups is 1. The summed E-state index contributed by atoms with van der Waals surface area (Å²) in [7, 11) is 1.65. The molecule has 9 heteroatoms. The number of rotatable bonds is 6. The van der Waals surface area contributed by atoms with E-state index in [1.165, 1.54) is 30.6 Å². The Hall–Kier alpha value is -3.80. The van der Waals surface area contributed by atoms with Crippen LogP contribution < -0.4 is 10.6 Å². The number of benzene rings is 1. The Morgan fingerprint density at radius 2 is 2.09 bits per heavy atom. The highest BCUT2D eigenvalue weighted by Gasteiger charge is 2.40. The molecular formula is C23H24FN7O. The predicted molar refractivity (Wildman–Crippen MR) is 119 cm³/mol. The maximum Gasteiger partial charge on any atom is 0.255 e. The second kappa shape index (κ2) is 8.38. The molecule has 0 spiro atoms. The number of halogens is 1. The van der Waals surface area contributed by atoms with Crippen LogP contribution in [0.2, 0.25) is 0 Å². The van der Waals surface area contributed by atoms with Crippen molar-refractivity contribution < 1.29 is 9.18 Å². The van der Waals surface area contributed by atoms with Gasteiger partial charge in [-0.05, 0) is 38.0 Å². The fourth-order valence-electron chi connectivity index (χ4n) is 4.32. The van der Waals surface area contributed by atoms with Gasteiger partial charge in [0.25, 0.3) is 5.91 Å². The van der Waals surface area contributed by atoms with Crippen LogP contribution in [0.3, 0.4) is 0 Å². The molecule has 1 aliphatic carbocycles. The standard InChI is InChI=1S/C23H24FN7O/c1-13(23(12-25)7-3-4-8-23)30-22(32)16-10-28-21-20(16)31-18(11-29-21)19(26)15-6-5-14(24)9-17(15)27-2/h5-6,9-11,13,26-27H,3-4,7-8H2,1-2H3,(H,28,29)(H,30,32)/t13-/m1/s1. The van der Waals surface area contributed by atoms with Gasteiger partial charge >= 0.3 is 0 Å². The van der Waals surface area contributed by atoms with E-state index in [-0.39, 0.29) is 23.4 Å². The predicted octanol–water partition coefficient (Wildman–Crippen LogP) is 3.76. The van der Waals surface area contributed by atoms with Crippen LogP contribution in [-0.2, 0) is 0 Å². The number of hydrogen-bond donors (Lipinski definition) is 4. The Morgan fingerprint density at radius 1 is 1.34 bits per heavy atom. The second-order valence-electron chi connectivity index (χ2n) is 8.14. The number of hydrogen-bond acceptors (Lipinski definition) is 6. The highest BCUT2D eigenvalue weighted by atomic mass is 19.1. The molecule has 1 aliphatic rings. The normalized spacial score (nSPS) is 15.8. The minimum Gasteiger partial charge on any atom is -0.387 e. The molecule has 4 rings (SSSR count). The molecule has 1 amide bonds. The SMILES string of the molecule is CNc1cc(F)ccc1C(=N)c1cnc2[nH]cc(C(=O)N[C@H](C)C3(C#N)CCCC3)c2n1. The number of H-pyrrole nitrogens is 1. The summed E-state index contributed by atoms with van der Waals surface area (Å²) in [6.45, 7) is 1.86. The lowest BCUT2D eigenvalue weighted by molar-refractivity contribution is 0.0914. The molecule has 2 aromatic heterocycles. The smallest absolute Gasteiger partial charge is 0.255 e. The van der Waals surface area contributed by atoms with Gasteiger partial charge in [-0.3, -0.25) is 10.2 Å². The summed E-state index contributed by atoms with van der Waals surface area (Å²) in [4.78, 5) is 24.8. The van der Waals surface area contributed by atoms with E-state index in [9.17, 15) is 14.4 Å². The van der Waals surface area contributed by atoms with Crippen LogP contribution in [0.4, 0.5) is 10.1 Å². The number of aromatic amines is 1. The third-order valence-corrected chi connectivity index (χ3v) is 6.30. The Labute approximate surface area is 184 Å². The van der Waals surface area contributed by atoms with Crippen molar-refractivity contribution in [1.29, 1.82) is 10.7 Å². The Morgan fingerprint density at radius 3 is 2.78 bits per heavy atom. The van der Waals surface area contributed by atoms with Crippen LogP contribution in [0.5, 0.6) is 0 Å². The highest BCUT2D eigenvalue weighted by molar-refractivity contribution is 6.14. The topological polar surface area (TPSA) is 130 Å². The average molecular weight is 433 g/mol. The minimum atomic E-state index is -0.549. The van der Waals surface area contributed by atoms with Gasteiger partial charge in [-0.1, -0.05) is 12.8 Å². The van der Waals surface area contributed by atoms with Crippen LogP contribution in [0.15, 0.2) is 30.6 Å². The molecule has 0 radical (unpaired) electrons. The first-order valence-electron chi connectivity index (χ1n) is 10.5. The summed E-state index contributed by atoms with van der Waals surface area (Å²) >= 11 is 0. The highest BCUT2D eigenvalue weighted by Crippen LogP contribution is 2.40. The van der Waals surface area contributed by atoms with Crippen molar-refractivity contribution in [3.8, 4) is 6.07 Å². The molecule has 1 saturated carbocycles. The third-order valence-electron chi connectivity index (χ3n) is 6.30. The Bertz CT molecular complexity index is 1240. The van der Waals surface area contributed by atoms with Crippen molar-refractivity contribution >= 4 is 28.5 Å². The van der Waals surface area contributed by atoms with Gasteiger partial charge in [0.1, 0.15) is 17.0 Å². The van der Waals surface area contributed by atoms with E-state index in [0.717, 1.165) is 25.7 Å². The number of anilines is 1. The fraction of sp³-hybridized carbons (Fsp3) is 0.348. The molecule has 1 fully saturated rings.